The topological polar surface area (TPSA) is 56.2 Å². The summed E-state index contributed by atoms with van der Waals surface area (Å²) in [5.41, 5.74) is 0. The highest BCUT2D eigenvalue weighted by Gasteiger charge is 2.17. The van der Waals surface area contributed by atoms with Gasteiger partial charge >= 0.3 is 5.97 Å². The van der Waals surface area contributed by atoms with Crippen molar-refractivity contribution in [2.45, 2.75) is 19.4 Å². The molecule has 1 heterocycles. The molecule has 14 heavy (non-hydrogen) atoms. The molecule has 1 atom stereocenters. The van der Waals surface area contributed by atoms with Gasteiger partial charge < -0.3 is 10.1 Å². The van der Waals surface area contributed by atoms with Gasteiger partial charge in [0.1, 0.15) is 11.9 Å². The lowest BCUT2D eigenvalue weighted by Gasteiger charge is -2.15. The van der Waals surface area contributed by atoms with Crippen LogP contribution in [0.25, 0.3) is 0 Å². The zero-order valence-corrected chi connectivity index (χ0v) is 8.65. The molecule has 0 aliphatic rings. The van der Waals surface area contributed by atoms with Crippen LogP contribution in [-0.4, -0.2) is 28.9 Å². The van der Waals surface area contributed by atoms with E-state index in [-0.39, 0.29) is 12.0 Å². The molecule has 0 bridgehead atoms. The van der Waals surface area contributed by atoms with Crippen LogP contribution >= 0.6 is 0 Å². The lowest BCUT2D eigenvalue weighted by Crippen LogP contribution is -2.30. The van der Waals surface area contributed by atoms with Gasteiger partial charge in [0.15, 0.2) is 0 Å². The van der Waals surface area contributed by atoms with E-state index in [0.717, 1.165) is 5.82 Å². The van der Waals surface area contributed by atoms with E-state index in [9.17, 15) is 4.79 Å². The van der Waals surface area contributed by atoms with Crippen LogP contribution in [0.2, 0.25) is 0 Å². The van der Waals surface area contributed by atoms with E-state index in [4.69, 9.17) is 0 Å². The van der Waals surface area contributed by atoms with E-state index in [1.807, 2.05) is 20.0 Å². The van der Waals surface area contributed by atoms with Gasteiger partial charge in [0.25, 0.3) is 0 Å². The average molecular weight is 197 g/mol. The Morgan fingerprint density at radius 1 is 1.79 bits per heavy atom. The fourth-order valence-corrected chi connectivity index (χ4v) is 1.16. The number of hydrogen-bond donors (Lipinski definition) is 1. The second-order valence-corrected chi connectivity index (χ2v) is 2.97. The van der Waals surface area contributed by atoms with Gasteiger partial charge in [-0.3, -0.25) is 4.68 Å². The van der Waals surface area contributed by atoms with E-state index in [1.54, 1.807) is 10.9 Å². The Bertz CT molecular complexity index is 309. The van der Waals surface area contributed by atoms with Crippen molar-refractivity contribution >= 4 is 11.8 Å². The molecule has 0 aromatic carbocycles. The Balaban J connectivity index is 2.66. The van der Waals surface area contributed by atoms with Gasteiger partial charge in [-0.1, -0.05) is 6.92 Å². The number of carbonyl (C=O) groups is 1. The molecule has 0 fully saturated rings. The van der Waals surface area contributed by atoms with E-state index in [1.165, 1.54) is 7.11 Å². The lowest BCUT2D eigenvalue weighted by molar-refractivity contribution is -0.141. The molecule has 0 saturated heterocycles. The third-order valence-corrected chi connectivity index (χ3v) is 2.04. The van der Waals surface area contributed by atoms with Crippen molar-refractivity contribution in [1.29, 1.82) is 0 Å². The number of hydrogen-bond acceptors (Lipinski definition) is 4. The molecule has 5 heteroatoms. The number of nitrogens with one attached hydrogen (secondary N) is 1. The molecule has 0 amide bonds. The number of methoxy groups -OCH3 is 1. The minimum atomic E-state index is -0.310. The molecule has 1 aromatic heterocycles. The maximum Gasteiger partial charge on any atom is 0.328 e. The Morgan fingerprint density at radius 3 is 2.93 bits per heavy atom. The molecule has 0 radical (unpaired) electrons. The summed E-state index contributed by atoms with van der Waals surface area (Å²) in [5.74, 6) is 0.552. The highest BCUT2D eigenvalue weighted by molar-refractivity contribution is 5.78. The first kappa shape index (κ1) is 10.6. The first-order valence-corrected chi connectivity index (χ1v) is 4.51. The quantitative estimate of drug-likeness (QED) is 0.725. The maximum atomic E-state index is 11.3. The molecule has 0 aliphatic carbocycles. The second-order valence-electron chi connectivity index (χ2n) is 2.97. The largest absolute Gasteiger partial charge is 0.467 e. The first-order valence-electron chi connectivity index (χ1n) is 4.51. The summed E-state index contributed by atoms with van der Waals surface area (Å²) < 4.78 is 6.33. The predicted molar refractivity (Wildman–Crippen MR) is 52.9 cm³/mol. The smallest absolute Gasteiger partial charge is 0.328 e. The van der Waals surface area contributed by atoms with Crippen LogP contribution < -0.4 is 5.32 Å². The van der Waals surface area contributed by atoms with Crippen LogP contribution in [0.3, 0.4) is 0 Å². The van der Waals surface area contributed by atoms with Gasteiger partial charge in [-0.05, 0) is 6.42 Å². The number of rotatable bonds is 4. The summed E-state index contributed by atoms with van der Waals surface area (Å²) >= 11 is 0. The normalized spacial score (nSPS) is 12.2. The van der Waals surface area contributed by atoms with Gasteiger partial charge in [0, 0.05) is 13.1 Å². The number of aryl methyl sites for hydroxylation is 1. The van der Waals surface area contributed by atoms with Crippen LogP contribution in [0.4, 0.5) is 5.82 Å². The van der Waals surface area contributed by atoms with Gasteiger partial charge in [0.2, 0.25) is 0 Å². The Kier molecular flexibility index (Phi) is 3.50. The molecular weight excluding hydrogens is 182 g/mol. The van der Waals surface area contributed by atoms with Crippen molar-refractivity contribution in [1.82, 2.24) is 9.78 Å². The van der Waals surface area contributed by atoms with Crippen LogP contribution in [0, 0.1) is 0 Å². The number of esters is 1. The summed E-state index contributed by atoms with van der Waals surface area (Å²) in [7, 11) is 3.20. The zero-order chi connectivity index (χ0) is 10.6. The summed E-state index contributed by atoms with van der Waals surface area (Å²) in [6, 6.07) is 1.50. The zero-order valence-electron chi connectivity index (χ0n) is 8.65. The standard InChI is InChI=1S/C9H15N3O2/c1-4-7(9(13)14-3)11-8-5-6-10-12(8)2/h5-7,11H,4H2,1-3H3. The Hall–Kier alpha value is -1.52. The van der Waals surface area contributed by atoms with Crippen LogP contribution in [0.15, 0.2) is 12.3 Å². The van der Waals surface area contributed by atoms with E-state index in [0.29, 0.717) is 6.42 Å². The number of carbonyl (C=O) groups excluding carboxylic acids is 1. The molecule has 0 spiro atoms. The van der Waals surface area contributed by atoms with Crippen molar-refractivity contribution in [2.75, 3.05) is 12.4 Å². The number of ether oxygens (including phenoxy) is 1. The maximum absolute atomic E-state index is 11.3. The fraction of sp³-hybridized carbons (Fsp3) is 0.556. The first-order chi connectivity index (χ1) is 6.69. The van der Waals surface area contributed by atoms with Crippen molar-refractivity contribution in [3.63, 3.8) is 0 Å². The molecule has 1 rings (SSSR count). The molecule has 1 aromatic rings. The molecule has 0 saturated carbocycles. The fourth-order valence-electron chi connectivity index (χ4n) is 1.16. The monoisotopic (exact) mass is 197 g/mol. The van der Waals surface area contributed by atoms with Gasteiger partial charge in [-0.15, -0.1) is 0 Å². The van der Waals surface area contributed by atoms with E-state index < -0.39 is 0 Å². The number of nitrogens with zero attached hydrogens (tertiary/aromatic N) is 2. The van der Waals surface area contributed by atoms with Crippen LogP contribution in [0.1, 0.15) is 13.3 Å². The SMILES string of the molecule is CCC(Nc1ccnn1C)C(=O)OC. The summed E-state index contributed by atoms with van der Waals surface area (Å²) in [4.78, 5) is 11.3. The van der Waals surface area contributed by atoms with E-state index in [2.05, 4.69) is 15.2 Å². The minimum absolute atomic E-state index is 0.256. The molecule has 1 N–H and O–H groups in total. The van der Waals surface area contributed by atoms with Gasteiger partial charge in [0.05, 0.1) is 13.3 Å². The number of aromatic nitrogens is 2. The summed E-state index contributed by atoms with van der Waals surface area (Å²) in [6.07, 6.45) is 2.35. The van der Waals surface area contributed by atoms with Gasteiger partial charge in [-0.25, -0.2) is 4.79 Å². The molecular formula is C9H15N3O2. The molecule has 0 aliphatic heterocycles. The molecule has 78 valence electrons. The highest BCUT2D eigenvalue weighted by atomic mass is 16.5. The summed E-state index contributed by atoms with van der Waals surface area (Å²) in [6.45, 7) is 1.92. The molecule has 5 nitrogen and oxygen atoms in total. The Labute approximate surface area is 83.1 Å². The van der Waals surface area contributed by atoms with Crippen LogP contribution in [-0.2, 0) is 16.6 Å². The van der Waals surface area contributed by atoms with Crippen molar-refractivity contribution in [3.05, 3.63) is 12.3 Å². The minimum Gasteiger partial charge on any atom is -0.467 e. The molecule has 1 unspecified atom stereocenters. The van der Waals surface area contributed by atoms with Crippen molar-refractivity contribution in [2.24, 2.45) is 7.05 Å². The van der Waals surface area contributed by atoms with Crippen LogP contribution in [0.5, 0.6) is 0 Å². The third kappa shape index (κ3) is 2.25. The van der Waals surface area contributed by atoms with Gasteiger partial charge in [-0.2, -0.15) is 5.10 Å². The highest BCUT2D eigenvalue weighted by Crippen LogP contribution is 2.08. The lowest BCUT2D eigenvalue weighted by atomic mass is 10.2. The average Bonchev–Trinajstić information content (AvgIpc) is 2.59. The number of anilines is 1. The van der Waals surface area contributed by atoms with Crippen molar-refractivity contribution in [3.8, 4) is 0 Å². The second kappa shape index (κ2) is 4.64. The van der Waals surface area contributed by atoms with Crippen molar-refractivity contribution < 1.29 is 9.53 Å². The third-order valence-electron chi connectivity index (χ3n) is 2.04. The Morgan fingerprint density at radius 2 is 2.50 bits per heavy atom. The predicted octanol–water partition coefficient (Wildman–Crippen LogP) is 0.784. The summed E-state index contributed by atoms with van der Waals surface area (Å²) in [5, 5.41) is 7.04. The van der Waals surface area contributed by atoms with E-state index >= 15 is 0 Å².